The first-order valence-electron chi connectivity index (χ1n) is 11.8. The molecule has 0 aliphatic carbocycles. The molecule has 1 unspecified atom stereocenters. The van der Waals surface area contributed by atoms with Crippen LogP contribution in [0.25, 0.3) is 11.3 Å². The molecule has 4 aromatic rings. The molecule has 1 heterocycles. The number of nitrogens with one attached hydrogen (secondary N) is 1. The van der Waals surface area contributed by atoms with Crippen LogP contribution in [0.15, 0.2) is 89.5 Å². The molecule has 0 radical (unpaired) electrons. The summed E-state index contributed by atoms with van der Waals surface area (Å²) in [5, 5.41) is 6.78. The number of hydrogen-bond acceptors (Lipinski definition) is 5. The van der Waals surface area contributed by atoms with Crippen LogP contribution in [-0.4, -0.2) is 24.2 Å². The maximum Gasteiger partial charge on any atom is 0.274 e. The van der Waals surface area contributed by atoms with Crippen molar-refractivity contribution in [3.63, 3.8) is 0 Å². The standard InChI is InChI=1S/C29H29IN2O4/c1-3-31-28(33)26-25(30)27(36-32-26)23-15-10-16-24(17-23)29(2,35-19-22-13-8-5-9-14-22)20-34-18-21-11-6-4-7-12-21/h4-17H,3,18-20H2,1-2H3,(H,31,33). The van der Waals surface area contributed by atoms with Crippen molar-refractivity contribution in [1.29, 1.82) is 0 Å². The maximum absolute atomic E-state index is 12.3. The van der Waals surface area contributed by atoms with Crippen LogP contribution in [0.3, 0.4) is 0 Å². The second-order valence-corrected chi connectivity index (χ2v) is 9.68. The highest BCUT2D eigenvalue weighted by atomic mass is 127. The van der Waals surface area contributed by atoms with Crippen LogP contribution >= 0.6 is 22.6 Å². The minimum absolute atomic E-state index is 0.251. The Morgan fingerprint density at radius 1 is 0.972 bits per heavy atom. The monoisotopic (exact) mass is 596 g/mol. The molecule has 6 nitrogen and oxygen atoms in total. The number of benzene rings is 3. The molecule has 1 amide bonds. The number of nitrogens with zero attached hydrogens (tertiary/aromatic N) is 1. The van der Waals surface area contributed by atoms with E-state index >= 15 is 0 Å². The number of carbonyl (C=O) groups is 1. The Labute approximate surface area is 225 Å². The van der Waals surface area contributed by atoms with E-state index in [-0.39, 0.29) is 11.6 Å². The third-order valence-corrected chi connectivity index (χ3v) is 6.81. The van der Waals surface area contributed by atoms with Crippen molar-refractivity contribution >= 4 is 28.5 Å². The molecule has 0 aliphatic heterocycles. The molecule has 0 spiro atoms. The zero-order chi connectivity index (χ0) is 25.4. The quantitative estimate of drug-likeness (QED) is 0.205. The largest absolute Gasteiger partial charge is 0.373 e. The highest BCUT2D eigenvalue weighted by Gasteiger charge is 2.30. The lowest BCUT2D eigenvalue weighted by atomic mass is 9.94. The molecule has 1 atom stereocenters. The molecule has 0 saturated heterocycles. The Bertz CT molecular complexity index is 1280. The molecule has 186 valence electrons. The predicted molar refractivity (Wildman–Crippen MR) is 147 cm³/mol. The van der Waals surface area contributed by atoms with Gasteiger partial charge in [-0.25, -0.2) is 0 Å². The van der Waals surface area contributed by atoms with Crippen molar-refractivity contribution < 1.29 is 18.8 Å². The fourth-order valence-corrected chi connectivity index (χ4v) is 4.55. The van der Waals surface area contributed by atoms with Crippen LogP contribution < -0.4 is 5.32 Å². The molecule has 36 heavy (non-hydrogen) atoms. The van der Waals surface area contributed by atoms with E-state index in [1.165, 1.54) is 0 Å². The summed E-state index contributed by atoms with van der Waals surface area (Å²) in [6, 6.07) is 28.1. The summed E-state index contributed by atoms with van der Waals surface area (Å²) in [6.45, 7) is 5.71. The average molecular weight is 596 g/mol. The van der Waals surface area contributed by atoms with Crippen molar-refractivity contribution in [2.24, 2.45) is 0 Å². The van der Waals surface area contributed by atoms with E-state index in [2.05, 4.69) is 33.1 Å². The Morgan fingerprint density at radius 2 is 1.64 bits per heavy atom. The summed E-state index contributed by atoms with van der Waals surface area (Å²) in [5.41, 5.74) is 3.50. The molecular weight excluding hydrogens is 567 g/mol. The van der Waals surface area contributed by atoms with Crippen LogP contribution in [0, 0.1) is 3.57 Å². The van der Waals surface area contributed by atoms with Gasteiger partial charge in [-0.1, -0.05) is 84.0 Å². The first kappa shape index (κ1) is 26.1. The number of ether oxygens (including phenoxy) is 2. The van der Waals surface area contributed by atoms with E-state index in [9.17, 15) is 4.79 Å². The highest BCUT2D eigenvalue weighted by molar-refractivity contribution is 14.1. The van der Waals surface area contributed by atoms with Crippen LogP contribution in [0.4, 0.5) is 0 Å². The van der Waals surface area contributed by atoms with Crippen LogP contribution in [0.1, 0.15) is 41.0 Å². The summed E-state index contributed by atoms with van der Waals surface area (Å²) in [5.74, 6) is 0.299. The van der Waals surface area contributed by atoms with E-state index in [1.54, 1.807) is 0 Å². The van der Waals surface area contributed by atoms with Gasteiger partial charge in [-0.15, -0.1) is 0 Å². The Kier molecular flexibility index (Phi) is 8.90. The minimum Gasteiger partial charge on any atom is -0.373 e. The summed E-state index contributed by atoms with van der Waals surface area (Å²) in [7, 11) is 0. The normalized spacial score (nSPS) is 12.8. The molecule has 7 heteroatoms. The zero-order valence-corrected chi connectivity index (χ0v) is 22.5. The molecule has 1 aromatic heterocycles. The molecule has 1 N–H and O–H groups in total. The van der Waals surface area contributed by atoms with Gasteiger partial charge < -0.3 is 19.3 Å². The van der Waals surface area contributed by atoms with E-state index in [4.69, 9.17) is 14.0 Å². The molecule has 3 aromatic carbocycles. The number of hydrogen-bond donors (Lipinski definition) is 1. The van der Waals surface area contributed by atoms with Crippen molar-refractivity contribution in [2.75, 3.05) is 13.2 Å². The third kappa shape index (κ3) is 6.40. The summed E-state index contributed by atoms with van der Waals surface area (Å²) < 4.78 is 18.9. The van der Waals surface area contributed by atoms with Crippen molar-refractivity contribution in [2.45, 2.75) is 32.7 Å². The van der Waals surface area contributed by atoms with Gasteiger partial charge in [0.15, 0.2) is 11.5 Å². The first-order valence-corrected chi connectivity index (χ1v) is 12.9. The zero-order valence-electron chi connectivity index (χ0n) is 20.4. The van der Waals surface area contributed by atoms with Gasteiger partial charge >= 0.3 is 0 Å². The van der Waals surface area contributed by atoms with Gasteiger partial charge in [-0.05, 0) is 59.2 Å². The van der Waals surface area contributed by atoms with E-state index < -0.39 is 5.60 Å². The third-order valence-electron chi connectivity index (χ3n) is 5.81. The molecule has 0 aliphatic rings. The lowest BCUT2D eigenvalue weighted by molar-refractivity contribution is -0.104. The Morgan fingerprint density at radius 3 is 2.31 bits per heavy atom. The predicted octanol–water partition coefficient (Wildman–Crippen LogP) is 6.34. The maximum atomic E-state index is 12.3. The molecule has 0 saturated carbocycles. The van der Waals surface area contributed by atoms with E-state index in [0.717, 1.165) is 22.3 Å². The minimum atomic E-state index is -0.728. The molecule has 0 bridgehead atoms. The summed E-state index contributed by atoms with van der Waals surface area (Å²) in [4.78, 5) is 12.3. The second-order valence-electron chi connectivity index (χ2n) is 8.60. The van der Waals surface area contributed by atoms with Crippen molar-refractivity contribution in [1.82, 2.24) is 10.5 Å². The fourth-order valence-electron chi connectivity index (χ4n) is 3.80. The van der Waals surface area contributed by atoms with Gasteiger partial charge in [0.25, 0.3) is 5.91 Å². The van der Waals surface area contributed by atoms with E-state index in [0.29, 0.717) is 35.7 Å². The van der Waals surface area contributed by atoms with Gasteiger partial charge in [-0.3, -0.25) is 4.79 Å². The van der Waals surface area contributed by atoms with Crippen LogP contribution in [0.2, 0.25) is 0 Å². The summed E-state index contributed by atoms with van der Waals surface area (Å²) in [6.07, 6.45) is 0. The van der Waals surface area contributed by atoms with Gasteiger partial charge in [0.05, 0.1) is 23.4 Å². The lowest BCUT2D eigenvalue weighted by Gasteiger charge is -2.31. The van der Waals surface area contributed by atoms with Gasteiger partial charge in [0.2, 0.25) is 0 Å². The average Bonchev–Trinajstić information content (AvgIpc) is 3.30. The Hall–Kier alpha value is -3.01. The highest BCUT2D eigenvalue weighted by Crippen LogP contribution is 2.33. The van der Waals surface area contributed by atoms with Gasteiger partial charge in [0, 0.05) is 12.1 Å². The SMILES string of the molecule is CCNC(=O)c1noc(-c2cccc(C(C)(COCc3ccccc3)OCc3ccccc3)c2)c1I. The molecular formula is C29H29IN2O4. The molecule has 4 rings (SSSR count). The molecule has 0 fully saturated rings. The fraction of sp³-hybridized carbons (Fsp3) is 0.241. The van der Waals surface area contributed by atoms with Crippen molar-refractivity contribution in [3.8, 4) is 11.3 Å². The van der Waals surface area contributed by atoms with E-state index in [1.807, 2.05) is 98.8 Å². The van der Waals surface area contributed by atoms with Crippen molar-refractivity contribution in [3.05, 3.63) is 111 Å². The van der Waals surface area contributed by atoms with Crippen LogP contribution in [0.5, 0.6) is 0 Å². The second kappa shape index (κ2) is 12.3. The van der Waals surface area contributed by atoms with Gasteiger partial charge in [0.1, 0.15) is 5.60 Å². The smallest absolute Gasteiger partial charge is 0.274 e. The number of rotatable bonds is 11. The number of aromatic nitrogens is 1. The van der Waals surface area contributed by atoms with Gasteiger partial charge in [-0.2, -0.15) is 0 Å². The first-order chi connectivity index (χ1) is 17.5. The number of amides is 1. The Balaban J connectivity index is 1.60. The topological polar surface area (TPSA) is 73.6 Å². The number of carbonyl (C=O) groups excluding carboxylic acids is 1. The summed E-state index contributed by atoms with van der Waals surface area (Å²) >= 11 is 2.11. The van der Waals surface area contributed by atoms with Crippen LogP contribution in [-0.2, 0) is 28.3 Å². The number of halogens is 1. The lowest BCUT2D eigenvalue weighted by Crippen LogP contribution is -2.32.